The number of thioether (sulfide) groups is 1. The molecule has 0 saturated carbocycles. The lowest BCUT2D eigenvalue weighted by Crippen LogP contribution is -2.43. The summed E-state index contributed by atoms with van der Waals surface area (Å²) >= 11 is 6.97. The van der Waals surface area contributed by atoms with Crippen molar-refractivity contribution in [2.24, 2.45) is 0 Å². The number of hydrogen-bond acceptors (Lipinski definition) is 4. The fourth-order valence-corrected chi connectivity index (χ4v) is 3.19. The molecule has 0 radical (unpaired) electrons. The Bertz CT molecular complexity index is 518. The van der Waals surface area contributed by atoms with Gasteiger partial charge in [-0.05, 0) is 12.1 Å². The lowest BCUT2D eigenvalue weighted by molar-refractivity contribution is -0.117. The zero-order valence-electron chi connectivity index (χ0n) is 12.2. The Balaban J connectivity index is 0.00000264. The first-order valence-electron chi connectivity index (χ1n) is 6.86. The summed E-state index contributed by atoms with van der Waals surface area (Å²) in [6, 6.07) is 4.90. The molecule has 2 N–H and O–H groups in total. The molecule has 2 rings (SSSR count). The predicted molar refractivity (Wildman–Crippen MR) is 91.3 cm³/mol. The van der Waals surface area contributed by atoms with E-state index in [1.165, 1.54) is 0 Å². The highest BCUT2D eigenvalue weighted by Gasteiger charge is 2.18. The number of carbonyl (C=O) groups is 1. The first-order valence-corrected chi connectivity index (χ1v) is 8.23. The number of rotatable bonds is 6. The van der Waals surface area contributed by atoms with E-state index in [-0.39, 0.29) is 36.5 Å². The van der Waals surface area contributed by atoms with E-state index in [0.717, 1.165) is 11.8 Å². The summed E-state index contributed by atoms with van der Waals surface area (Å²) in [5.41, 5.74) is 0.458. The number of carbonyl (C=O) groups excluding carboxylic acids is 1. The molecule has 1 amide bonds. The minimum Gasteiger partial charge on any atom is -0.378 e. The second kappa shape index (κ2) is 10.3. The number of nitrogens with one attached hydrogen (secondary N) is 2. The average molecular weight is 387 g/mol. The normalized spacial score (nSPS) is 17.7. The van der Waals surface area contributed by atoms with Crippen LogP contribution in [0.3, 0.4) is 0 Å². The predicted octanol–water partition coefficient (Wildman–Crippen LogP) is 3.44. The average Bonchev–Trinajstić information content (AvgIpc) is 2.47. The van der Waals surface area contributed by atoms with Gasteiger partial charge < -0.3 is 15.4 Å². The molecule has 0 aliphatic carbocycles. The first-order chi connectivity index (χ1) is 10.6. The molecule has 1 heterocycles. The van der Waals surface area contributed by atoms with Gasteiger partial charge in [-0.1, -0.05) is 17.7 Å². The van der Waals surface area contributed by atoms with E-state index < -0.39 is 6.43 Å². The highest BCUT2D eigenvalue weighted by molar-refractivity contribution is 7.99. The molecule has 1 aliphatic rings. The van der Waals surface area contributed by atoms with Gasteiger partial charge >= 0.3 is 0 Å². The van der Waals surface area contributed by atoms with Crippen molar-refractivity contribution in [3.05, 3.63) is 23.2 Å². The van der Waals surface area contributed by atoms with Crippen LogP contribution in [0.1, 0.15) is 6.42 Å². The number of halogens is 4. The Kier molecular flexibility index (Phi) is 9.16. The molecule has 23 heavy (non-hydrogen) atoms. The monoisotopic (exact) mass is 386 g/mol. The van der Waals surface area contributed by atoms with Gasteiger partial charge in [0.25, 0.3) is 0 Å². The summed E-state index contributed by atoms with van der Waals surface area (Å²) in [7, 11) is 0. The van der Waals surface area contributed by atoms with Crippen LogP contribution in [0.5, 0.6) is 0 Å². The van der Waals surface area contributed by atoms with Crippen molar-refractivity contribution in [2.45, 2.75) is 23.8 Å². The standard InChI is InChI=1S/C14H17ClF2N2O2S.ClH/c15-10-2-1-3-11(14(10)22-8-12(16)17)19-13(20)6-9-7-21-5-4-18-9;/h1-3,9,12,18H,4-8H2,(H,19,20);1H. The Labute approximate surface area is 149 Å². The van der Waals surface area contributed by atoms with Crippen molar-refractivity contribution >= 4 is 47.4 Å². The minimum absolute atomic E-state index is 0. The summed E-state index contributed by atoms with van der Waals surface area (Å²) in [5, 5.41) is 6.27. The Morgan fingerprint density at radius 1 is 1.52 bits per heavy atom. The van der Waals surface area contributed by atoms with Crippen LogP contribution in [0.4, 0.5) is 14.5 Å². The molecule has 0 spiro atoms. The van der Waals surface area contributed by atoms with Gasteiger partial charge in [0.05, 0.1) is 29.7 Å². The topological polar surface area (TPSA) is 50.4 Å². The maximum atomic E-state index is 12.4. The van der Waals surface area contributed by atoms with Crippen molar-refractivity contribution in [1.82, 2.24) is 5.32 Å². The van der Waals surface area contributed by atoms with E-state index in [1.807, 2.05) is 0 Å². The number of benzene rings is 1. The van der Waals surface area contributed by atoms with Gasteiger partial charge in [-0.15, -0.1) is 24.2 Å². The summed E-state index contributed by atoms with van der Waals surface area (Å²) in [4.78, 5) is 12.5. The highest BCUT2D eigenvalue weighted by atomic mass is 35.5. The van der Waals surface area contributed by atoms with E-state index in [9.17, 15) is 13.6 Å². The number of ether oxygens (including phenoxy) is 1. The molecule has 130 valence electrons. The van der Waals surface area contributed by atoms with Gasteiger partial charge in [0.15, 0.2) is 0 Å². The number of hydrogen-bond donors (Lipinski definition) is 2. The molecular weight excluding hydrogens is 369 g/mol. The van der Waals surface area contributed by atoms with Crippen molar-refractivity contribution < 1.29 is 18.3 Å². The van der Waals surface area contributed by atoms with Crippen molar-refractivity contribution in [1.29, 1.82) is 0 Å². The third-order valence-electron chi connectivity index (χ3n) is 3.02. The molecule has 1 aromatic rings. The Hall–Kier alpha value is -0.600. The summed E-state index contributed by atoms with van der Waals surface area (Å²) < 4.78 is 30.1. The van der Waals surface area contributed by atoms with Crippen LogP contribution < -0.4 is 10.6 Å². The summed E-state index contributed by atoms with van der Waals surface area (Å²) in [6.45, 7) is 1.83. The summed E-state index contributed by atoms with van der Waals surface area (Å²) in [5.74, 6) is -0.575. The lowest BCUT2D eigenvalue weighted by atomic mass is 10.2. The molecule has 1 saturated heterocycles. The van der Waals surface area contributed by atoms with Crippen molar-refractivity contribution in [3.8, 4) is 0 Å². The smallest absolute Gasteiger partial charge is 0.247 e. The van der Waals surface area contributed by atoms with E-state index in [0.29, 0.717) is 35.4 Å². The molecule has 4 nitrogen and oxygen atoms in total. The van der Waals surface area contributed by atoms with E-state index >= 15 is 0 Å². The van der Waals surface area contributed by atoms with Gasteiger partial charge in [-0.2, -0.15) is 0 Å². The first kappa shape index (κ1) is 20.4. The van der Waals surface area contributed by atoms with Gasteiger partial charge in [-0.3, -0.25) is 4.79 Å². The van der Waals surface area contributed by atoms with Crippen molar-refractivity contribution in [2.75, 3.05) is 30.8 Å². The molecule has 0 aromatic heterocycles. The molecule has 1 unspecified atom stereocenters. The van der Waals surface area contributed by atoms with Crippen LogP contribution in [0, 0.1) is 0 Å². The molecule has 1 aromatic carbocycles. The number of anilines is 1. The van der Waals surface area contributed by atoms with Crippen LogP contribution in [-0.2, 0) is 9.53 Å². The third-order valence-corrected chi connectivity index (χ3v) is 4.60. The van der Waals surface area contributed by atoms with E-state index in [2.05, 4.69) is 10.6 Å². The fraction of sp³-hybridized carbons (Fsp3) is 0.500. The zero-order valence-corrected chi connectivity index (χ0v) is 14.6. The minimum atomic E-state index is -2.44. The van der Waals surface area contributed by atoms with E-state index in [1.54, 1.807) is 18.2 Å². The molecule has 1 fully saturated rings. The third kappa shape index (κ3) is 6.81. The Morgan fingerprint density at radius 3 is 2.96 bits per heavy atom. The Morgan fingerprint density at radius 2 is 2.30 bits per heavy atom. The maximum Gasteiger partial charge on any atom is 0.247 e. The van der Waals surface area contributed by atoms with Crippen LogP contribution in [0.15, 0.2) is 23.1 Å². The van der Waals surface area contributed by atoms with Crippen LogP contribution in [0.25, 0.3) is 0 Å². The number of morpholine rings is 1. The van der Waals surface area contributed by atoms with Crippen LogP contribution >= 0.6 is 35.8 Å². The van der Waals surface area contributed by atoms with Gasteiger partial charge in [0, 0.05) is 23.9 Å². The molecule has 9 heteroatoms. The van der Waals surface area contributed by atoms with Gasteiger partial charge in [0.2, 0.25) is 12.3 Å². The SMILES string of the molecule is Cl.O=C(CC1COCCN1)Nc1cccc(Cl)c1SCC(F)F. The van der Waals surface area contributed by atoms with Crippen LogP contribution in [-0.4, -0.2) is 43.9 Å². The number of alkyl halides is 2. The van der Waals surface area contributed by atoms with Crippen molar-refractivity contribution in [3.63, 3.8) is 0 Å². The second-order valence-corrected chi connectivity index (χ2v) is 6.23. The lowest BCUT2D eigenvalue weighted by Gasteiger charge is -2.23. The quantitative estimate of drug-likeness (QED) is 0.735. The zero-order chi connectivity index (χ0) is 15.9. The molecular formula is C14H18Cl2F2N2O2S. The maximum absolute atomic E-state index is 12.4. The summed E-state index contributed by atoms with van der Waals surface area (Å²) in [6.07, 6.45) is -2.18. The fourth-order valence-electron chi connectivity index (χ4n) is 2.08. The largest absolute Gasteiger partial charge is 0.378 e. The van der Waals surface area contributed by atoms with Crippen LogP contribution in [0.2, 0.25) is 5.02 Å². The molecule has 1 aliphatic heterocycles. The van der Waals surface area contributed by atoms with Gasteiger partial charge in [0.1, 0.15) is 0 Å². The van der Waals surface area contributed by atoms with Gasteiger partial charge in [-0.25, -0.2) is 8.78 Å². The highest BCUT2D eigenvalue weighted by Crippen LogP contribution is 2.35. The molecule has 1 atom stereocenters. The van der Waals surface area contributed by atoms with E-state index in [4.69, 9.17) is 16.3 Å². The molecule has 0 bridgehead atoms. The second-order valence-electron chi connectivity index (χ2n) is 4.80. The number of amides is 1.